The second kappa shape index (κ2) is 4.67. The minimum absolute atomic E-state index is 0.411. The van der Waals surface area contributed by atoms with Crippen LogP contribution in [0.3, 0.4) is 0 Å². The van der Waals surface area contributed by atoms with Crippen LogP contribution in [-0.2, 0) is 24.8 Å². The lowest BCUT2D eigenvalue weighted by atomic mass is 9.79. The van der Waals surface area contributed by atoms with Gasteiger partial charge in [-0.3, -0.25) is 0 Å². The van der Waals surface area contributed by atoms with E-state index >= 15 is 0 Å². The van der Waals surface area contributed by atoms with Gasteiger partial charge in [0.1, 0.15) is 0 Å². The molecule has 2 bridgehead atoms. The Morgan fingerprint density at radius 1 is 1.19 bits per heavy atom. The molecule has 4 nitrogen and oxygen atoms in total. The summed E-state index contributed by atoms with van der Waals surface area (Å²) in [6.45, 7) is 2.03. The molecule has 1 fully saturated rings. The molecule has 1 heterocycles. The minimum atomic E-state index is -0.435. The Labute approximate surface area is 124 Å². The maximum Gasteiger partial charge on any atom is 0.226 e. The molecule has 2 N–H and O–H groups in total. The molecule has 1 aromatic heterocycles. The second-order valence-corrected chi connectivity index (χ2v) is 6.45. The van der Waals surface area contributed by atoms with Crippen molar-refractivity contribution in [2.24, 2.45) is 17.6 Å². The van der Waals surface area contributed by atoms with E-state index in [4.69, 9.17) is 10.3 Å². The highest BCUT2D eigenvalue weighted by atomic mass is 16.5. The fourth-order valence-corrected chi connectivity index (χ4v) is 4.18. The zero-order valence-electron chi connectivity index (χ0n) is 12.4. The van der Waals surface area contributed by atoms with Crippen LogP contribution in [0.4, 0.5) is 0 Å². The highest BCUT2D eigenvalue weighted by molar-refractivity contribution is 5.33. The number of nitrogens with two attached hydrogens (primary N) is 1. The summed E-state index contributed by atoms with van der Waals surface area (Å²) in [4.78, 5) is 4.57. The quantitative estimate of drug-likeness (QED) is 0.920. The molecule has 0 spiro atoms. The van der Waals surface area contributed by atoms with Crippen LogP contribution in [0.15, 0.2) is 28.8 Å². The molecule has 4 rings (SSSR count). The molecule has 0 aliphatic heterocycles. The molecule has 2 aliphatic carbocycles. The third-order valence-corrected chi connectivity index (χ3v) is 5.42. The van der Waals surface area contributed by atoms with E-state index in [1.54, 1.807) is 0 Å². The summed E-state index contributed by atoms with van der Waals surface area (Å²) >= 11 is 0. The zero-order chi connectivity index (χ0) is 14.4. The first-order valence-electron chi connectivity index (χ1n) is 7.90. The first-order valence-corrected chi connectivity index (χ1v) is 7.90. The van der Waals surface area contributed by atoms with Crippen molar-refractivity contribution in [1.82, 2.24) is 10.1 Å². The van der Waals surface area contributed by atoms with Crippen LogP contribution in [0.1, 0.15) is 42.6 Å². The SMILES string of the molecule is CCc1nc(C2(N)C3CCC2Cc2ccccc2C3)no1. The molecule has 110 valence electrons. The lowest BCUT2D eigenvalue weighted by Crippen LogP contribution is -2.47. The molecule has 0 amide bonds. The van der Waals surface area contributed by atoms with Gasteiger partial charge in [0.05, 0.1) is 5.54 Å². The second-order valence-electron chi connectivity index (χ2n) is 6.45. The number of aryl methyl sites for hydroxylation is 1. The van der Waals surface area contributed by atoms with Crippen molar-refractivity contribution in [2.75, 3.05) is 0 Å². The van der Waals surface area contributed by atoms with Crippen molar-refractivity contribution >= 4 is 0 Å². The fourth-order valence-electron chi connectivity index (χ4n) is 4.18. The Morgan fingerprint density at radius 3 is 2.33 bits per heavy atom. The van der Waals surface area contributed by atoms with Crippen LogP contribution in [-0.4, -0.2) is 10.1 Å². The third-order valence-electron chi connectivity index (χ3n) is 5.42. The van der Waals surface area contributed by atoms with Crippen molar-refractivity contribution in [2.45, 2.75) is 44.6 Å². The highest BCUT2D eigenvalue weighted by Crippen LogP contribution is 2.50. The van der Waals surface area contributed by atoms with Gasteiger partial charge in [-0.1, -0.05) is 36.3 Å². The summed E-state index contributed by atoms with van der Waals surface area (Å²) in [7, 11) is 0. The number of nitrogens with zero attached hydrogens (tertiary/aromatic N) is 2. The minimum Gasteiger partial charge on any atom is -0.339 e. The smallest absolute Gasteiger partial charge is 0.226 e. The van der Waals surface area contributed by atoms with Crippen LogP contribution < -0.4 is 5.73 Å². The van der Waals surface area contributed by atoms with E-state index in [1.807, 2.05) is 6.92 Å². The van der Waals surface area contributed by atoms with Gasteiger partial charge in [0.2, 0.25) is 5.89 Å². The molecule has 4 heteroatoms. The summed E-state index contributed by atoms with van der Waals surface area (Å²) in [6, 6.07) is 8.73. The van der Waals surface area contributed by atoms with Gasteiger partial charge in [0.15, 0.2) is 5.82 Å². The van der Waals surface area contributed by atoms with E-state index in [2.05, 4.69) is 34.4 Å². The summed E-state index contributed by atoms with van der Waals surface area (Å²) in [5.41, 5.74) is 9.34. The molecule has 2 atom stereocenters. The van der Waals surface area contributed by atoms with Crippen LogP contribution in [0.5, 0.6) is 0 Å². The lowest BCUT2D eigenvalue weighted by Gasteiger charge is -2.31. The average molecular weight is 283 g/mol. The van der Waals surface area contributed by atoms with Gasteiger partial charge in [-0.2, -0.15) is 4.98 Å². The standard InChI is InChI=1S/C17H21N3O/c1-2-15-19-16(20-21-15)17(18)13-7-8-14(17)10-12-6-4-3-5-11(12)9-13/h3-6,13-14H,2,7-10,18H2,1H3. The predicted molar refractivity (Wildman–Crippen MR) is 79.6 cm³/mol. The summed E-state index contributed by atoms with van der Waals surface area (Å²) in [5, 5.41) is 4.22. The number of aromatic nitrogens is 2. The predicted octanol–water partition coefficient (Wildman–Crippen LogP) is 2.61. The van der Waals surface area contributed by atoms with Crippen molar-refractivity contribution < 1.29 is 4.52 Å². The molecule has 2 unspecified atom stereocenters. The number of hydrogen-bond acceptors (Lipinski definition) is 4. The molecule has 1 saturated carbocycles. The Balaban J connectivity index is 1.77. The van der Waals surface area contributed by atoms with Gasteiger partial charge in [-0.25, -0.2) is 0 Å². The van der Waals surface area contributed by atoms with Crippen LogP contribution >= 0.6 is 0 Å². The average Bonchev–Trinajstić information content (AvgIpc) is 3.04. The topological polar surface area (TPSA) is 64.9 Å². The van der Waals surface area contributed by atoms with Crippen LogP contribution in [0.25, 0.3) is 0 Å². The molecular formula is C17H21N3O. The van der Waals surface area contributed by atoms with Crippen molar-refractivity contribution in [1.29, 1.82) is 0 Å². The number of benzene rings is 1. The Hall–Kier alpha value is -1.68. The Bertz CT molecular complexity index is 631. The molecule has 21 heavy (non-hydrogen) atoms. The van der Waals surface area contributed by atoms with Gasteiger partial charge in [-0.15, -0.1) is 0 Å². The van der Waals surface area contributed by atoms with E-state index in [1.165, 1.54) is 11.1 Å². The largest absolute Gasteiger partial charge is 0.339 e. The molecular weight excluding hydrogens is 262 g/mol. The van der Waals surface area contributed by atoms with Gasteiger partial charge >= 0.3 is 0 Å². The molecule has 2 aliphatic rings. The van der Waals surface area contributed by atoms with Gasteiger partial charge in [0.25, 0.3) is 0 Å². The van der Waals surface area contributed by atoms with Gasteiger partial charge < -0.3 is 10.3 Å². The number of fused-ring (bicyclic) bond motifs is 3. The third kappa shape index (κ3) is 1.85. The first kappa shape index (κ1) is 13.0. The van der Waals surface area contributed by atoms with E-state index in [9.17, 15) is 0 Å². The Morgan fingerprint density at radius 2 is 1.81 bits per heavy atom. The number of rotatable bonds is 2. The summed E-state index contributed by atoms with van der Waals surface area (Å²) in [6.07, 6.45) is 5.13. The number of hydrogen-bond donors (Lipinski definition) is 1. The highest BCUT2D eigenvalue weighted by Gasteiger charge is 2.52. The molecule has 0 saturated heterocycles. The summed E-state index contributed by atoms with van der Waals surface area (Å²) < 4.78 is 5.33. The fraction of sp³-hybridized carbons (Fsp3) is 0.529. The lowest BCUT2D eigenvalue weighted by molar-refractivity contribution is 0.230. The van der Waals surface area contributed by atoms with Gasteiger partial charge in [0, 0.05) is 6.42 Å². The molecule has 1 aromatic carbocycles. The van der Waals surface area contributed by atoms with Crippen molar-refractivity contribution in [3.05, 3.63) is 47.1 Å². The van der Waals surface area contributed by atoms with Crippen LogP contribution in [0, 0.1) is 11.8 Å². The van der Waals surface area contributed by atoms with E-state index in [0.717, 1.165) is 37.9 Å². The normalized spacial score (nSPS) is 31.0. The van der Waals surface area contributed by atoms with Crippen molar-refractivity contribution in [3.8, 4) is 0 Å². The zero-order valence-corrected chi connectivity index (χ0v) is 12.4. The van der Waals surface area contributed by atoms with Crippen molar-refractivity contribution in [3.63, 3.8) is 0 Å². The van der Waals surface area contributed by atoms with E-state index < -0.39 is 5.54 Å². The van der Waals surface area contributed by atoms with Crippen LogP contribution in [0.2, 0.25) is 0 Å². The molecule has 2 aromatic rings. The Kier molecular flexibility index (Phi) is 2.89. The monoisotopic (exact) mass is 283 g/mol. The van der Waals surface area contributed by atoms with E-state index in [-0.39, 0.29) is 0 Å². The first-order chi connectivity index (χ1) is 10.2. The maximum absolute atomic E-state index is 6.89. The maximum atomic E-state index is 6.89. The molecule has 0 radical (unpaired) electrons. The van der Waals surface area contributed by atoms with E-state index in [0.29, 0.717) is 17.7 Å². The summed E-state index contributed by atoms with van der Waals surface area (Å²) in [5.74, 6) is 2.23. The van der Waals surface area contributed by atoms with Gasteiger partial charge in [-0.05, 0) is 48.6 Å².